The minimum atomic E-state index is 0.143. The Hall–Kier alpha value is -3.34. The predicted octanol–water partition coefficient (Wildman–Crippen LogP) is 3.51. The molecule has 1 aliphatic heterocycles. The molecule has 1 aliphatic carbocycles. The van der Waals surface area contributed by atoms with Gasteiger partial charge >= 0.3 is 0 Å². The van der Waals surface area contributed by atoms with Crippen LogP contribution in [-0.2, 0) is 0 Å². The van der Waals surface area contributed by atoms with Crippen LogP contribution in [-0.4, -0.2) is 35.3 Å². The molecule has 1 saturated heterocycles. The van der Waals surface area contributed by atoms with Crippen LogP contribution in [0.4, 0.5) is 5.88 Å². The van der Waals surface area contributed by atoms with Gasteiger partial charge in [-0.05, 0) is 43.4 Å². The Morgan fingerprint density at radius 2 is 2.00 bits per heavy atom. The van der Waals surface area contributed by atoms with Gasteiger partial charge in [-0.1, -0.05) is 17.3 Å². The second-order valence-electron chi connectivity index (χ2n) is 7.65. The molecule has 3 atom stereocenters. The van der Waals surface area contributed by atoms with Gasteiger partial charge in [-0.15, -0.1) is 0 Å². The van der Waals surface area contributed by atoms with E-state index < -0.39 is 0 Å². The van der Waals surface area contributed by atoms with Crippen LogP contribution in [0.25, 0.3) is 0 Å². The largest absolute Gasteiger partial charge is 0.497 e. The van der Waals surface area contributed by atoms with Crippen molar-refractivity contribution in [3.8, 4) is 11.8 Å². The third-order valence-electron chi connectivity index (χ3n) is 5.75. The molecule has 0 bridgehead atoms. The van der Waals surface area contributed by atoms with Crippen LogP contribution in [0.3, 0.4) is 0 Å². The number of hydrogen-bond donors (Lipinski definition) is 0. The number of nitriles is 1. The van der Waals surface area contributed by atoms with Crippen LogP contribution in [0, 0.1) is 18.3 Å². The van der Waals surface area contributed by atoms with Crippen molar-refractivity contribution in [2.45, 2.75) is 37.5 Å². The van der Waals surface area contributed by atoms with Crippen molar-refractivity contribution >= 4 is 5.88 Å². The molecule has 3 unspecified atom stereocenters. The maximum Gasteiger partial charge on any atom is 0.234 e. The smallest absolute Gasteiger partial charge is 0.234 e. The van der Waals surface area contributed by atoms with Crippen molar-refractivity contribution in [1.82, 2.24) is 15.1 Å². The fourth-order valence-electron chi connectivity index (χ4n) is 4.09. The monoisotopic (exact) mass is 391 g/mol. The Kier molecular flexibility index (Phi) is 4.23. The first kappa shape index (κ1) is 17.7. The number of nitrogens with zero attached hydrogens (tertiary/aromatic N) is 5. The standard InChI is InChI=1S/C21H21N5O3/c1-12-23-19(29-25-12)14-7-8-26(11-14)21-18(10-22)24-20(28-21)17-9-16(17)13-3-5-15(27-2)6-4-13/h3-6,14,16-17H,7-9,11H2,1-2H3. The summed E-state index contributed by atoms with van der Waals surface area (Å²) >= 11 is 0. The number of ether oxygens (including phenoxy) is 1. The van der Waals surface area contributed by atoms with Gasteiger partial charge in [0.05, 0.1) is 13.0 Å². The van der Waals surface area contributed by atoms with Crippen molar-refractivity contribution in [2.75, 3.05) is 25.1 Å². The first-order valence-corrected chi connectivity index (χ1v) is 9.76. The summed E-state index contributed by atoms with van der Waals surface area (Å²) in [7, 11) is 1.66. The molecule has 3 aromatic rings. The highest BCUT2D eigenvalue weighted by molar-refractivity contribution is 5.50. The molecule has 148 valence electrons. The quantitative estimate of drug-likeness (QED) is 0.651. The summed E-state index contributed by atoms with van der Waals surface area (Å²) in [5.41, 5.74) is 1.59. The average Bonchev–Trinajstić information content (AvgIpc) is 3.10. The SMILES string of the molecule is COc1ccc(C2CC2c2nc(C#N)c(N3CCC(c4nc(C)no4)C3)o2)cc1. The topological polar surface area (TPSA) is 101 Å². The molecule has 29 heavy (non-hydrogen) atoms. The molecule has 0 amide bonds. The summed E-state index contributed by atoms with van der Waals surface area (Å²) in [6.07, 6.45) is 1.85. The van der Waals surface area contributed by atoms with E-state index in [1.165, 1.54) is 5.56 Å². The van der Waals surface area contributed by atoms with Crippen molar-refractivity contribution < 1.29 is 13.7 Å². The molecule has 8 nitrogen and oxygen atoms in total. The zero-order valence-electron chi connectivity index (χ0n) is 16.3. The lowest BCUT2D eigenvalue weighted by Gasteiger charge is -2.13. The molecule has 0 radical (unpaired) electrons. The second-order valence-corrected chi connectivity index (χ2v) is 7.65. The van der Waals surface area contributed by atoms with Gasteiger partial charge < -0.3 is 18.6 Å². The zero-order chi connectivity index (χ0) is 20.0. The molecule has 0 N–H and O–H groups in total. The molecule has 2 fully saturated rings. The van der Waals surface area contributed by atoms with E-state index in [2.05, 4.69) is 38.2 Å². The fourth-order valence-corrected chi connectivity index (χ4v) is 4.09. The van der Waals surface area contributed by atoms with Gasteiger partial charge in [-0.2, -0.15) is 10.2 Å². The lowest BCUT2D eigenvalue weighted by atomic mass is 10.1. The Bertz CT molecular complexity index is 1060. The van der Waals surface area contributed by atoms with Gasteiger partial charge in [0.1, 0.15) is 11.8 Å². The van der Waals surface area contributed by atoms with E-state index in [0.29, 0.717) is 41.6 Å². The van der Waals surface area contributed by atoms with E-state index in [0.717, 1.165) is 25.1 Å². The van der Waals surface area contributed by atoms with Gasteiger partial charge in [-0.3, -0.25) is 0 Å². The number of methoxy groups -OCH3 is 1. The molecule has 1 saturated carbocycles. The molecular weight excluding hydrogens is 370 g/mol. The first-order valence-electron chi connectivity index (χ1n) is 9.76. The highest BCUT2D eigenvalue weighted by Gasteiger charge is 2.44. The van der Waals surface area contributed by atoms with Crippen molar-refractivity contribution in [3.63, 3.8) is 0 Å². The summed E-state index contributed by atoms with van der Waals surface area (Å²) in [4.78, 5) is 10.9. The lowest BCUT2D eigenvalue weighted by Crippen LogP contribution is -2.19. The molecule has 2 aliphatic rings. The minimum absolute atomic E-state index is 0.143. The maximum absolute atomic E-state index is 9.57. The highest BCUT2D eigenvalue weighted by Crippen LogP contribution is 2.55. The van der Waals surface area contributed by atoms with Crippen LogP contribution in [0.2, 0.25) is 0 Å². The van der Waals surface area contributed by atoms with Crippen LogP contribution in [0.15, 0.2) is 33.2 Å². The maximum atomic E-state index is 9.57. The molecular formula is C21H21N5O3. The van der Waals surface area contributed by atoms with E-state index in [4.69, 9.17) is 13.7 Å². The zero-order valence-corrected chi connectivity index (χ0v) is 16.3. The molecule has 2 aromatic heterocycles. The van der Waals surface area contributed by atoms with Crippen molar-refractivity contribution in [2.24, 2.45) is 0 Å². The van der Waals surface area contributed by atoms with Crippen LogP contribution >= 0.6 is 0 Å². The summed E-state index contributed by atoms with van der Waals surface area (Å²) < 4.78 is 16.6. The van der Waals surface area contributed by atoms with Gasteiger partial charge in [0.2, 0.25) is 23.4 Å². The molecule has 8 heteroatoms. The summed E-state index contributed by atoms with van der Waals surface area (Å²) in [6, 6.07) is 10.3. The number of anilines is 1. The molecule has 5 rings (SSSR count). The normalized spacial score (nSPS) is 23.2. The van der Waals surface area contributed by atoms with Gasteiger partial charge in [0.25, 0.3) is 0 Å². The Morgan fingerprint density at radius 1 is 1.17 bits per heavy atom. The Balaban J connectivity index is 1.32. The highest BCUT2D eigenvalue weighted by atomic mass is 16.5. The van der Waals surface area contributed by atoms with E-state index in [-0.39, 0.29) is 11.8 Å². The van der Waals surface area contributed by atoms with E-state index in [9.17, 15) is 5.26 Å². The van der Waals surface area contributed by atoms with E-state index >= 15 is 0 Å². The summed E-state index contributed by atoms with van der Waals surface area (Å²) in [5, 5.41) is 13.4. The fraction of sp³-hybridized carbons (Fsp3) is 0.429. The van der Waals surface area contributed by atoms with E-state index in [1.54, 1.807) is 7.11 Å². The third kappa shape index (κ3) is 3.23. The first-order chi connectivity index (χ1) is 14.2. The summed E-state index contributed by atoms with van der Waals surface area (Å²) in [6.45, 7) is 3.25. The average molecular weight is 391 g/mol. The number of hydrogen-bond acceptors (Lipinski definition) is 8. The predicted molar refractivity (Wildman–Crippen MR) is 103 cm³/mol. The number of benzene rings is 1. The number of aryl methyl sites for hydroxylation is 1. The number of rotatable bonds is 5. The van der Waals surface area contributed by atoms with Gasteiger partial charge in [-0.25, -0.2) is 4.98 Å². The number of aromatic nitrogens is 3. The van der Waals surface area contributed by atoms with Crippen molar-refractivity contribution in [1.29, 1.82) is 5.26 Å². The molecule has 3 heterocycles. The van der Waals surface area contributed by atoms with E-state index in [1.807, 2.05) is 19.1 Å². The summed E-state index contributed by atoms with van der Waals surface area (Å²) in [5.74, 6) is 4.05. The Morgan fingerprint density at radius 3 is 2.69 bits per heavy atom. The number of oxazole rings is 1. The van der Waals surface area contributed by atoms with Crippen LogP contribution in [0.1, 0.15) is 59.5 Å². The lowest BCUT2D eigenvalue weighted by molar-refractivity contribution is 0.356. The second kappa shape index (κ2) is 6.92. The Labute approximate surface area is 168 Å². The van der Waals surface area contributed by atoms with Crippen LogP contribution < -0.4 is 9.64 Å². The van der Waals surface area contributed by atoms with Crippen LogP contribution in [0.5, 0.6) is 5.75 Å². The third-order valence-corrected chi connectivity index (χ3v) is 5.75. The van der Waals surface area contributed by atoms with Crippen molar-refractivity contribution in [3.05, 3.63) is 53.1 Å². The van der Waals surface area contributed by atoms with Gasteiger partial charge in [0.15, 0.2) is 5.82 Å². The molecule has 0 spiro atoms. The molecule has 1 aromatic carbocycles. The van der Waals surface area contributed by atoms with Gasteiger partial charge in [0, 0.05) is 19.0 Å². The minimum Gasteiger partial charge on any atom is -0.497 e.